The van der Waals surface area contributed by atoms with E-state index in [0.717, 1.165) is 12.1 Å². The number of ether oxygens (including phenoxy) is 1. The average molecular weight is 289 g/mol. The number of carbonyl (C=O) groups is 1. The maximum absolute atomic E-state index is 12.7. The van der Waals surface area contributed by atoms with Gasteiger partial charge in [-0.15, -0.1) is 0 Å². The lowest BCUT2D eigenvalue weighted by Crippen LogP contribution is -2.47. The highest BCUT2D eigenvalue weighted by Crippen LogP contribution is 2.23. The SMILES string of the molecule is COC[C@@H]1Cc2c(ncn2C)CN1C(=O)c1ccn(C)n1. The van der Waals surface area contributed by atoms with Crippen LogP contribution in [-0.2, 0) is 31.8 Å². The van der Waals surface area contributed by atoms with Crippen LogP contribution in [0.15, 0.2) is 18.6 Å². The first kappa shape index (κ1) is 13.8. The van der Waals surface area contributed by atoms with Crippen molar-refractivity contribution in [1.29, 1.82) is 0 Å². The van der Waals surface area contributed by atoms with Gasteiger partial charge in [0.25, 0.3) is 5.91 Å². The number of amides is 1. The molecule has 0 aromatic carbocycles. The Hall–Kier alpha value is -2.15. The molecule has 1 atom stereocenters. The minimum Gasteiger partial charge on any atom is -0.383 e. The van der Waals surface area contributed by atoms with Crippen molar-refractivity contribution in [3.8, 4) is 0 Å². The number of aromatic nitrogens is 4. The summed E-state index contributed by atoms with van der Waals surface area (Å²) < 4.78 is 8.93. The van der Waals surface area contributed by atoms with Crippen molar-refractivity contribution < 1.29 is 9.53 Å². The molecule has 0 spiro atoms. The van der Waals surface area contributed by atoms with Crippen molar-refractivity contribution in [2.75, 3.05) is 13.7 Å². The van der Waals surface area contributed by atoms with Gasteiger partial charge in [-0.05, 0) is 6.07 Å². The van der Waals surface area contributed by atoms with Crippen molar-refractivity contribution in [3.05, 3.63) is 35.7 Å². The predicted molar refractivity (Wildman–Crippen MR) is 75.7 cm³/mol. The second kappa shape index (κ2) is 5.33. The van der Waals surface area contributed by atoms with E-state index in [9.17, 15) is 4.79 Å². The molecule has 0 aliphatic carbocycles. The second-order valence-corrected chi connectivity index (χ2v) is 5.37. The summed E-state index contributed by atoms with van der Waals surface area (Å²) in [5.41, 5.74) is 2.58. The van der Waals surface area contributed by atoms with E-state index in [-0.39, 0.29) is 11.9 Å². The van der Waals surface area contributed by atoms with Crippen LogP contribution in [0.5, 0.6) is 0 Å². The minimum atomic E-state index is -0.0750. The summed E-state index contributed by atoms with van der Waals surface area (Å²) in [6, 6.07) is 1.74. The fraction of sp³-hybridized carbons (Fsp3) is 0.500. The van der Waals surface area contributed by atoms with E-state index < -0.39 is 0 Å². The molecule has 21 heavy (non-hydrogen) atoms. The Labute approximate surface area is 123 Å². The molecule has 112 valence electrons. The van der Waals surface area contributed by atoms with Gasteiger partial charge in [0.15, 0.2) is 0 Å². The molecule has 3 heterocycles. The molecule has 0 saturated heterocycles. The van der Waals surface area contributed by atoms with Crippen LogP contribution in [0.1, 0.15) is 21.9 Å². The number of methoxy groups -OCH3 is 1. The van der Waals surface area contributed by atoms with E-state index in [1.165, 1.54) is 5.69 Å². The average Bonchev–Trinajstić information content (AvgIpc) is 3.05. The van der Waals surface area contributed by atoms with E-state index in [1.807, 2.05) is 11.6 Å². The first-order valence-electron chi connectivity index (χ1n) is 6.88. The largest absolute Gasteiger partial charge is 0.383 e. The van der Waals surface area contributed by atoms with Gasteiger partial charge in [-0.25, -0.2) is 4.98 Å². The van der Waals surface area contributed by atoms with Crippen LogP contribution < -0.4 is 0 Å². The van der Waals surface area contributed by atoms with Crippen LogP contribution in [0, 0.1) is 0 Å². The second-order valence-electron chi connectivity index (χ2n) is 5.37. The number of hydrogen-bond donors (Lipinski definition) is 0. The molecule has 3 rings (SSSR count). The lowest BCUT2D eigenvalue weighted by atomic mass is 10.0. The standard InChI is InChI=1S/C14H19N5O2/c1-17-9-15-12-7-19(10(8-21-3)6-13(12)17)14(20)11-4-5-18(2)16-11/h4-5,9-10H,6-8H2,1-3H3/t10-/m0/s1. The van der Waals surface area contributed by atoms with Crippen LogP contribution in [0.25, 0.3) is 0 Å². The maximum Gasteiger partial charge on any atom is 0.275 e. The lowest BCUT2D eigenvalue weighted by molar-refractivity contribution is 0.0462. The summed E-state index contributed by atoms with van der Waals surface area (Å²) in [5.74, 6) is -0.0750. The molecule has 0 saturated carbocycles. The first-order chi connectivity index (χ1) is 10.1. The van der Waals surface area contributed by atoms with Gasteiger partial charge in [0, 0.05) is 39.5 Å². The zero-order valence-corrected chi connectivity index (χ0v) is 12.5. The monoisotopic (exact) mass is 289 g/mol. The number of fused-ring (bicyclic) bond motifs is 1. The Balaban J connectivity index is 1.90. The number of hydrogen-bond acceptors (Lipinski definition) is 4. The van der Waals surface area contributed by atoms with Crippen molar-refractivity contribution in [2.24, 2.45) is 14.1 Å². The van der Waals surface area contributed by atoms with E-state index in [4.69, 9.17) is 4.74 Å². The van der Waals surface area contributed by atoms with E-state index in [0.29, 0.717) is 18.8 Å². The summed E-state index contributed by atoms with van der Waals surface area (Å²) in [4.78, 5) is 18.9. The molecule has 7 heteroatoms. The van der Waals surface area contributed by atoms with E-state index in [2.05, 4.69) is 10.1 Å². The third-order valence-corrected chi connectivity index (χ3v) is 3.89. The van der Waals surface area contributed by atoms with Crippen LogP contribution in [0.3, 0.4) is 0 Å². The number of carbonyl (C=O) groups excluding carboxylic acids is 1. The quantitative estimate of drug-likeness (QED) is 0.819. The molecule has 1 aliphatic heterocycles. The molecule has 0 fully saturated rings. The summed E-state index contributed by atoms with van der Waals surface area (Å²) in [5, 5.41) is 4.20. The number of rotatable bonds is 3. The van der Waals surface area contributed by atoms with Gasteiger partial charge in [-0.1, -0.05) is 0 Å². The Morgan fingerprint density at radius 3 is 2.95 bits per heavy atom. The first-order valence-corrected chi connectivity index (χ1v) is 6.88. The van der Waals surface area contributed by atoms with E-state index >= 15 is 0 Å². The van der Waals surface area contributed by atoms with Crippen LogP contribution >= 0.6 is 0 Å². The summed E-state index contributed by atoms with van der Waals surface area (Å²) in [7, 11) is 5.44. The zero-order chi connectivity index (χ0) is 15.0. The molecular weight excluding hydrogens is 270 g/mol. The molecule has 0 unspecified atom stereocenters. The number of imidazole rings is 1. The van der Waals surface area contributed by atoms with Crippen LogP contribution in [0.4, 0.5) is 0 Å². The lowest BCUT2D eigenvalue weighted by Gasteiger charge is -2.34. The normalized spacial score (nSPS) is 17.9. The fourth-order valence-corrected chi connectivity index (χ4v) is 2.78. The van der Waals surface area contributed by atoms with E-state index in [1.54, 1.807) is 42.3 Å². The highest BCUT2D eigenvalue weighted by molar-refractivity contribution is 5.92. The van der Waals surface area contributed by atoms with Crippen LogP contribution in [-0.4, -0.2) is 49.9 Å². The smallest absolute Gasteiger partial charge is 0.275 e. The molecule has 7 nitrogen and oxygen atoms in total. The molecule has 1 aliphatic rings. The van der Waals surface area contributed by atoms with Gasteiger partial charge in [-0.3, -0.25) is 9.48 Å². The van der Waals surface area contributed by atoms with Gasteiger partial charge in [-0.2, -0.15) is 5.10 Å². The van der Waals surface area contributed by atoms with Gasteiger partial charge >= 0.3 is 0 Å². The summed E-state index contributed by atoms with van der Waals surface area (Å²) >= 11 is 0. The maximum atomic E-state index is 12.7. The fourth-order valence-electron chi connectivity index (χ4n) is 2.78. The van der Waals surface area contributed by atoms with Gasteiger partial charge in [0.1, 0.15) is 5.69 Å². The van der Waals surface area contributed by atoms with Gasteiger partial charge in [0.05, 0.1) is 31.2 Å². The zero-order valence-electron chi connectivity index (χ0n) is 12.5. The Bertz CT molecular complexity index is 660. The summed E-state index contributed by atoms with van der Waals surface area (Å²) in [6.07, 6.45) is 4.32. The Morgan fingerprint density at radius 1 is 1.48 bits per heavy atom. The molecule has 2 aromatic rings. The van der Waals surface area contributed by atoms with Crippen LogP contribution in [0.2, 0.25) is 0 Å². The molecule has 2 aromatic heterocycles. The highest BCUT2D eigenvalue weighted by atomic mass is 16.5. The highest BCUT2D eigenvalue weighted by Gasteiger charge is 2.33. The Kier molecular flexibility index (Phi) is 3.50. The topological polar surface area (TPSA) is 65.2 Å². The van der Waals surface area contributed by atoms with Gasteiger partial charge < -0.3 is 14.2 Å². The Morgan fingerprint density at radius 2 is 2.29 bits per heavy atom. The van der Waals surface area contributed by atoms with Crippen molar-refractivity contribution in [2.45, 2.75) is 19.0 Å². The van der Waals surface area contributed by atoms with Crippen molar-refractivity contribution in [1.82, 2.24) is 24.2 Å². The third kappa shape index (κ3) is 2.44. The van der Waals surface area contributed by atoms with Gasteiger partial charge in [0.2, 0.25) is 0 Å². The number of aryl methyl sites for hydroxylation is 2. The van der Waals surface area contributed by atoms with Crippen molar-refractivity contribution in [3.63, 3.8) is 0 Å². The predicted octanol–water partition coefficient (Wildman–Crippen LogP) is 0.367. The number of nitrogens with zero attached hydrogens (tertiary/aromatic N) is 5. The molecule has 0 bridgehead atoms. The van der Waals surface area contributed by atoms with Crippen molar-refractivity contribution >= 4 is 5.91 Å². The molecule has 0 N–H and O–H groups in total. The summed E-state index contributed by atoms with van der Waals surface area (Å²) in [6.45, 7) is 1.00. The molecule has 0 radical (unpaired) electrons. The molecule has 1 amide bonds. The minimum absolute atomic E-state index is 0.00686. The third-order valence-electron chi connectivity index (χ3n) is 3.89. The molecular formula is C14H19N5O2.